The number of hydrogen-bond acceptors (Lipinski definition) is 6. The van der Waals surface area contributed by atoms with Crippen LogP contribution in [0.3, 0.4) is 0 Å². The number of thiophene rings is 1. The molecule has 1 aliphatic rings. The van der Waals surface area contributed by atoms with Crippen LogP contribution in [-0.2, 0) is 6.42 Å². The minimum Gasteiger partial charge on any atom is -0.339 e. The van der Waals surface area contributed by atoms with Crippen molar-refractivity contribution in [3.8, 4) is 0 Å². The Kier molecular flexibility index (Phi) is 3.91. The van der Waals surface area contributed by atoms with Crippen molar-refractivity contribution in [2.75, 3.05) is 19.6 Å². The van der Waals surface area contributed by atoms with Crippen molar-refractivity contribution >= 4 is 11.3 Å². The molecule has 1 aliphatic heterocycles. The second-order valence-electron chi connectivity index (χ2n) is 4.97. The van der Waals surface area contributed by atoms with Crippen LogP contribution in [0.25, 0.3) is 0 Å². The molecule has 2 aromatic rings. The molecule has 2 aromatic heterocycles. The highest BCUT2D eigenvalue weighted by molar-refractivity contribution is 7.07. The summed E-state index contributed by atoms with van der Waals surface area (Å²) in [6.45, 7) is 3.08. The van der Waals surface area contributed by atoms with Gasteiger partial charge in [-0.05, 0) is 48.3 Å². The molecular weight excluding hydrogens is 260 g/mol. The van der Waals surface area contributed by atoms with Crippen LogP contribution in [0.5, 0.6) is 0 Å². The number of nitrogens with zero attached hydrogens (tertiary/aromatic N) is 3. The average Bonchev–Trinajstić information content (AvgIpc) is 3.10. The topological polar surface area (TPSA) is 68.2 Å². The zero-order chi connectivity index (χ0) is 13.1. The van der Waals surface area contributed by atoms with Gasteiger partial charge in [-0.15, -0.1) is 0 Å². The Morgan fingerprint density at radius 1 is 1.42 bits per heavy atom. The van der Waals surface area contributed by atoms with Crippen LogP contribution in [-0.4, -0.2) is 34.7 Å². The van der Waals surface area contributed by atoms with Crippen molar-refractivity contribution in [3.63, 3.8) is 0 Å². The van der Waals surface area contributed by atoms with Crippen LogP contribution >= 0.6 is 11.3 Å². The summed E-state index contributed by atoms with van der Waals surface area (Å²) in [5, 5.41) is 8.14. The van der Waals surface area contributed by atoms with Gasteiger partial charge in [-0.1, -0.05) is 5.16 Å². The minimum atomic E-state index is -0.155. The summed E-state index contributed by atoms with van der Waals surface area (Å²) in [7, 11) is 0. The molecule has 6 heteroatoms. The Balaban J connectivity index is 1.60. The largest absolute Gasteiger partial charge is 0.339 e. The summed E-state index contributed by atoms with van der Waals surface area (Å²) >= 11 is 1.67. The molecule has 1 atom stereocenters. The molecule has 3 rings (SSSR count). The molecule has 1 fully saturated rings. The number of aromatic nitrogens is 2. The lowest BCUT2D eigenvalue weighted by Crippen LogP contribution is -2.30. The first kappa shape index (κ1) is 12.8. The quantitative estimate of drug-likeness (QED) is 0.903. The van der Waals surface area contributed by atoms with Crippen LogP contribution in [0.1, 0.15) is 36.2 Å². The van der Waals surface area contributed by atoms with E-state index < -0.39 is 0 Å². The van der Waals surface area contributed by atoms with Gasteiger partial charge in [0.15, 0.2) is 5.82 Å². The molecule has 0 spiro atoms. The fourth-order valence-corrected chi connectivity index (χ4v) is 3.05. The summed E-state index contributed by atoms with van der Waals surface area (Å²) in [5.74, 6) is 1.27. The first-order valence-electron chi connectivity index (χ1n) is 6.63. The zero-order valence-electron chi connectivity index (χ0n) is 10.8. The monoisotopic (exact) mass is 278 g/mol. The molecule has 0 radical (unpaired) electrons. The summed E-state index contributed by atoms with van der Waals surface area (Å²) in [5.41, 5.74) is 7.34. The van der Waals surface area contributed by atoms with Crippen molar-refractivity contribution in [3.05, 3.63) is 34.1 Å². The van der Waals surface area contributed by atoms with Crippen molar-refractivity contribution in [1.82, 2.24) is 15.0 Å². The molecule has 0 amide bonds. The standard InChI is InChI=1S/C13H18N4OS/c14-11(8-17-4-1-2-5-17)13-15-12(18-16-13)7-10-3-6-19-9-10/h3,6,9,11H,1-2,4-5,7-8,14H2. The zero-order valence-corrected chi connectivity index (χ0v) is 11.6. The summed E-state index contributed by atoms with van der Waals surface area (Å²) < 4.78 is 5.27. The summed E-state index contributed by atoms with van der Waals surface area (Å²) in [4.78, 5) is 6.76. The molecule has 0 saturated carbocycles. The molecule has 5 nitrogen and oxygen atoms in total. The molecule has 0 aromatic carbocycles. The van der Waals surface area contributed by atoms with E-state index in [0.717, 1.165) is 19.6 Å². The predicted octanol–water partition coefficient (Wildman–Crippen LogP) is 1.82. The average molecular weight is 278 g/mol. The molecule has 19 heavy (non-hydrogen) atoms. The first-order chi connectivity index (χ1) is 9.31. The van der Waals surface area contributed by atoms with Gasteiger partial charge in [-0.25, -0.2) is 0 Å². The lowest BCUT2D eigenvalue weighted by molar-refractivity contribution is 0.305. The molecule has 0 aliphatic carbocycles. The SMILES string of the molecule is NC(CN1CCCC1)c1noc(Cc2ccsc2)n1. The Hall–Kier alpha value is -1.24. The number of likely N-dealkylation sites (tertiary alicyclic amines) is 1. The highest BCUT2D eigenvalue weighted by Gasteiger charge is 2.20. The maximum atomic E-state index is 6.14. The predicted molar refractivity (Wildman–Crippen MR) is 74.0 cm³/mol. The minimum absolute atomic E-state index is 0.155. The van der Waals surface area contributed by atoms with Gasteiger partial charge < -0.3 is 15.2 Å². The van der Waals surface area contributed by atoms with Gasteiger partial charge in [0.05, 0.1) is 12.5 Å². The van der Waals surface area contributed by atoms with E-state index in [2.05, 4.69) is 26.5 Å². The van der Waals surface area contributed by atoms with Crippen LogP contribution < -0.4 is 5.73 Å². The normalized spacial score (nSPS) is 17.9. The maximum absolute atomic E-state index is 6.14. The van der Waals surface area contributed by atoms with Gasteiger partial charge in [0.2, 0.25) is 5.89 Å². The van der Waals surface area contributed by atoms with Gasteiger partial charge in [-0.2, -0.15) is 16.3 Å². The van der Waals surface area contributed by atoms with E-state index in [1.807, 2.05) is 5.38 Å². The van der Waals surface area contributed by atoms with Gasteiger partial charge in [0, 0.05) is 6.54 Å². The van der Waals surface area contributed by atoms with Crippen LogP contribution in [0.2, 0.25) is 0 Å². The maximum Gasteiger partial charge on any atom is 0.231 e. The molecule has 102 valence electrons. The number of nitrogens with two attached hydrogens (primary N) is 1. The fraction of sp³-hybridized carbons (Fsp3) is 0.538. The van der Waals surface area contributed by atoms with Gasteiger partial charge in [-0.3, -0.25) is 0 Å². The van der Waals surface area contributed by atoms with Crippen LogP contribution in [0.15, 0.2) is 21.3 Å². The Labute approximate surface area is 116 Å². The van der Waals surface area contributed by atoms with E-state index in [1.54, 1.807) is 11.3 Å². The first-order valence-corrected chi connectivity index (χ1v) is 7.57. The van der Waals surface area contributed by atoms with E-state index in [-0.39, 0.29) is 6.04 Å². The Bertz CT molecular complexity index is 504. The lowest BCUT2D eigenvalue weighted by Gasteiger charge is -2.17. The summed E-state index contributed by atoms with van der Waals surface area (Å²) in [6, 6.07) is 1.91. The lowest BCUT2D eigenvalue weighted by atomic mass is 10.2. The third-order valence-corrected chi connectivity index (χ3v) is 4.14. The van der Waals surface area contributed by atoms with Crippen molar-refractivity contribution in [1.29, 1.82) is 0 Å². The molecule has 3 heterocycles. The van der Waals surface area contributed by atoms with Crippen molar-refractivity contribution in [2.45, 2.75) is 25.3 Å². The van der Waals surface area contributed by atoms with E-state index in [4.69, 9.17) is 10.3 Å². The Morgan fingerprint density at radius 3 is 3.00 bits per heavy atom. The van der Waals surface area contributed by atoms with Crippen LogP contribution in [0, 0.1) is 0 Å². The third-order valence-electron chi connectivity index (χ3n) is 3.40. The highest BCUT2D eigenvalue weighted by atomic mass is 32.1. The Morgan fingerprint density at radius 2 is 2.26 bits per heavy atom. The van der Waals surface area contributed by atoms with Gasteiger partial charge in [0.25, 0.3) is 0 Å². The highest BCUT2D eigenvalue weighted by Crippen LogP contribution is 2.15. The number of rotatable bonds is 5. The van der Waals surface area contributed by atoms with E-state index in [0.29, 0.717) is 18.1 Å². The molecular formula is C13H18N4OS. The molecule has 1 saturated heterocycles. The van der Waals surface area contributed by atoms with E-state index in [1.165, 1.54) is 18.4 Å². The summed E-state index contributed by atoms with van der Waals surface area (Å²) in [6.07, 6.45) is 3.22. The second kappa shape index (κ2) is 5.81. The van der Waals surface area contributed by atoms with Gasteiger partial charge in [0.1, 0.15) is 0 Å². The molecule has 0 bridgehead atoms. The second-order valence-corrected chi connectivity index (χ2v) is 5.75. The third kappa shape index (κ3) is 3.20. The molecule has 2 N–H and O–H groups in total. The smallest absolute Gasteiger partial charge is 0.231 e. The molecule has 1 unspecified atom stereocenters. The van der Waals surface area contributed by atoms with Crippen molar-refractivity contribution in [2.24, 2.45) is 5.73 Å². The van der Waals surface area contributed by atoms with E-state index >= 15 is 0 Å². The number of hydrogen-bond donors (Lipinski definition) is 1. The fourth-order valence-electron chi connectivity index (χ4n) is 2.38. The van der Waals surface area contributed by atoms with Gasteiger partial charge >= 0.3 is 0 Å². The van der Waals surface area contributed by atoms with Crippen LogP contribution in [0.4, 0.5) is 0 Å². The van der Waals surface area contributed by atoms with Crippen molar-refractivity contribution < 1.29 is 4.52 Å². The van der Waals surface area contributed by atoms with E-state index in [9.17, 15) is 0 Å².